The van der Waals surface area contributed by atoms with Crippen molar-refractivity contribution in [3.8, 4) is 22.9 Å². The number of amides is 1. The average Bonchev–Trinajstić information content (AvgIpc) is 2.73. The number of benzene rings is 2. The average molecular weight is 377 g/mol. The van der Waals surface area contributed by atoms with Crippen LogP contribution in [0.15, 0.2) is 54.7 Å². The van der Waals surface area contributed by atoms with Crippen LogP contribution >= 0.6 is 0 Å². The van der Waals surface area contributed by atoms with E-state index in [0.717, 1.165) is 22.6 Å². The molecule has 1 N–H and O–H groups in total. The Hall–Kier alpha value is -3.41. The number of rotatable bonds is 6. The molecule has 0 radical (unpaired) electrons. The molecule has 0 aliphatic rings. The molecule has 3 aromatic rings. The minimum absolute atomic E-state index is 0.154. The zero-order chi connectivity index (χ0) is 20.1. The summed E-state index contributed by atoms with van der Waals surface area (Å²) in [6.45, 7) is 3.74. The first kappa shape index (κ1) is 19.4. The van der Waals surface area contributed by atoms with Gasteiger partial charge in [-0.1, -0.05) is 12.1 Å². The quantitative estimate of drug-likeness (QED) is 0.704. The number of aryl methyl sites for hydroxylation is 1. The summed E-state index contributed by atoms with van der Waals surface area (Å²) in [4.78, 5) is 21.5. The molecule has 3 rings (SSSR count). The maximum absolute atomic E-state index is 12.7. The van der Waals surface area contributed by atoms with Crippen LogP contribution < -0.4 is 14.8 Å². The van der Waals surface area contributed by atoms with E-state index in [4.69, 9.17) is 9.47 Å². The number of methoxy groups -OCH3 is 2. The summed E-state index contributed by atoms with van der Waals surface area (Å²) in [5.41, 5.74) is 2.93. The molecule has 0 aliphatic heterocycles. The zero-order valence-corrected chi connectivity index (χ0v) is 16.4. The van der Waals surface area contributed by atoms with E-state index in [1.54, 1.807) is 20.4 Å². The summed E-state index contributed by atoms with van der Waals surface area (Å²) < 4.78 is 10.3. The lowest BCUT2D eigenvalue weighted by molar-refractivity contribution is 0.0938. The molecular weight excluding hydrogens is 354 g/mol. The Kier molecular flexibility index (Phi) is 5.89. The van der Waals surface area contributed by atoms with E-state index in [1.165, 1.54) is 0 Å². The zero-order valence-electron chi connectivity index (χ0n) is 16.4. The van der Waals surface area contributed by atoms with Crippen molar-refractivity contribution in [1.82, 2.24) is 15.3 Å². The van der Waals surface area contributed by atoms with Crippen molar-refractivity contribution in [1.29, 1.82) is 0 Å². The van der Waals surface area contributed by atoms with E-state index in [0.29, 0.717) is 17.1 Å². The van der Waals surface area contributed by atoms with Crippen LogP contribution in [-0.2, 0) is 0 Å². The minimum atomic E-state index is -0.206. The van der Waals surface area contributed by atoms with Crippen molar-refractivity contribution in [3.05, 3.63) is 71.5 Å². The number of nitrogens with one attached hydrogen (secondary N) is 1. The maximum Gasteiger partial charge on any atom is 0.255 e. The van der Waals surface area contributed by atoms with Crippen molar-refractivity contribution in [2.45, 2.75) is 19.9 Å². The number of carbonyl (C=O) groups excluding carboxylic acids is 1. The number of nitrogens with zero attached hydrogens (tertiary/aromatic N) is 2. The van der Waals surface area contributed by atoms with Gasteiger partial charge in [-0.25, -0.2) is 9.97 Å². The van der Waals surface area contributed by atoms with E-state index in [-0.39, 0.29) is 11.9 Å². The van der Waals surface area contributed by atoms with Gasteiger partial charge in [0.05, 0.1) is 31.5 Å². The monoisotopic (exact) mass is 377 g/mol. The van der Waals surface area contributed by atoms with Crippen molar-refractivity contribution in [3.63, 3.8) is 0 Å². The molecule has 0 bridgehead atoms. The van der Waals surface area contributed by atoms with Gasteiger partial charge in [-0.15, -0.1) is 0 Å². The molecule has 144 valence electrons. The molecule has 1 heterocycles. The Morgan fingerprint density at radius 1 is 0.964 bits per heavy atom. The second kappa shape index (κ2) is 8.52. The first-order chi connectivity index (χ1) is 13.5. The number of hydrogen-bond donors (Lipinski definition) is 1. The van der Waals surface area contributed by atoms with Crippen LogP contribution in [0.25, 0.3) is 11.4 Å². The third-order valence-electron chi connectivity index (χ3n) is 4.54. The van der Waals surface area contributed by atoms with Gasteiger partial charge in [0.25, 0.3) is 5.91 Å². The van der Waals surface area contributed by atoms with Gasteiger partial charge in [-0.2, -0.15) is 0 Å². The number of aromatic nitrogens is 2. The summed E-state index contributed by atoms with van der Waals surface area (Å²) in [5, 5.41) is 2.99. The Bertz CT molecular complexity index is 954. The smallest absolute Gasteiger partial charge is 0.255 e. The summed E-state index contributed by atoms with van der Waals surface area (Å²) >= 11 is 0. The molecular formula is C22H23N3O3. The van der Waals surface area contributed by atoms with Gasteiger partial charge in [0.15, 0.2) is 5.82 Å². The van der Waals surface area contributed by atoms with E-state index < -0.39 is 0 Å². The largest absolute Gasteiger partial charge is 0.497 e. The van der Waals surface area contributed by atoms with Gasteiger partial charge in [0, 0.05) is 11.8 Å². The third kappa shape index (κ3) is 4.28. The molecule has 6 heteroatoms. The first-order valence-corrected chi connectivity index (χ1v) is 8.94. The molecule has 2 aromatic carbocycles. The Morgan fingerprint density at radius 2 is 1.54 bits per heavy atom. The van der Waals surface area contributed by atoms with Gasteiger partial charge in [0.1, 0.15) is 11.5 Å². The highest BCUT2D eigenvalue weighted by molar-refractivity contribution is 5.95. The Labute approximate surface area is 164 Å². The normalized spacial score (nSPS) is 11.6. The fraction of sp³-hybridized carbons (Fsp3) is 0.227. The number of hydrogen-bond acceptors (Lipinski definition) is 5. The molecule has 0 fully saturated rings. The molecule has 0 spiro atoms. The summed E-state index contributed by atoms with van der Waals surface area (Å²) in [7, 11) is 3.24. The molecule has 1 amide bonds. The predicted molar refractivity (Wildman–Crippen MR) is 108 cm³/mol. The highest BCUT2D eigenvalue weighted by atomic mass is 16.5. The SMILES string of the molecule is COc1ccc(-c2ncc(C(=O)NC(C)c3ccc(OC)cc3)c(C)n2)cc1. The Morgan fingerprint density at radius 3 is 2.07 bits per heavy atom. The maximum atomic E-state index is 12.7. The molecule has 0 saturated carbocycles. The fourth-order valence-corrected chi connectivity index (χ4v) is 2.82. The third-order valence-corrected chi connectivity index (χ3v) is 4.54. The van der Waals surface area contributed by atoms with E-state index in [2.05, 4.69) is 15.3 Å². The van der Waals surface area contributed by atoms with Gasteiger partial charge in [-0.05, 0) is 55.8 Å². The minimum Gasteiger partial charge on any atom is -0.497 e. The molecule has 0 saturated heterocycles. The summed E-state index contributed by atoms with van der Waals surface area (Å²) in [6, 6.07) is 14.9. The highest BCUT2D eigenvalue weighted by Gasteiger charge is 2.16. The topological polar surface area (TPSA) is 73.3 Å². The molecule has 1 aromatic heterocycles. The van der Waals surface area contributed by atoms with E-state index >= 15 is 0 Å². The van der Waals surface area contributed by atoms with E-state index in [1.807, 2.05) is 62.4 Å². The molecule has 0 aliphatic carbocycles. The molecule has 1 atom stereocenters. The Balaban J connectivity index is 1.74. The van der Waals surface area contributed by atoms with Crippen molar-refractivity contribution < 1.29 is 14.3 Å². The lowest BCUT2D eigenvalue weighted by atomic mass is 10.1. The molecule has 6 nitrogen and oxygen atoms in total. The van der Waals surface area contributed by atoms with Crippen molar-refractivity contribution in [2.75, 3.05) is 14.2 Å². The standard InChI is InChI=1S/C22H23N3O3/c1-14(16-5-9-18(27-3)10-6-16)25-22(26)20-13-23-21(24-15(20)2)17-7-11-19(28-4)12-8-17/h5-14H,1-4H3,(H,25,26). The summed E-state index contributed by atoms with van der Waals surface area (Å²) in [5.74, 6) is 1.91. The van der Waals surface area contributed by atoms with Crippen LogP contribution in [0.4, 0.5) is 0 Å². The second-order valence-electron chi connectivity index (χ2n) is 6.39. The summed E-state index contributed by atoms with van der Waals surface area (Å²) in [6.07, 6.45) is 1.57. The molecule has 1 unspecified atom stereocenters. The predicted octanol–water partition coefficient (Wildman–Crippen LogP) is 3.96. The van der Waals surface area contributed by atoms with Crippen LogP contribution in [-0.4, -0.2) is 30.1 Å². The van der Waals surface area contributed by atoms with Crippen LogP contribution in [0, 0.1) is 6.92 Å². The van der Waals surface area contributed by atoms with Gasteiger partial charge >= 0.3 is 0 Å². The number of carbonyl (C=O) groups is 1. The van der Waals surface area contributed by atoms with Crippen LogP contribution in [0.1, 0.15) is 34.6 Å². The van der Waals surface area contributed by atoms with Crippen LogP contribution in [0.3, 0.4) is 0 Å². The fourth-order valence-electron chi connectivity index (χ4n) is 2.82. The number of ether oxygens (including phenoxy) is 2. The van der Waals surface area contributed by atoms with Crippen molar-refractivity contribution in [2.24, 2.45) is 0 Å². The van der Waals surface area contributed by atoms with Gasteiger partial charge < -0.3 is 14.8 Å². The van der Waals surface area contributed by atoms with E-state index in [9.17, 15) is 4.79 Å². The highest BCUT2D eigenvalue weighted by Crippen LogP contribution is 2.21. The lowest BCUT2D eigenvalue weighted by Crippen LogP contribution is -2.27. The first-order valence-electron chi connectivity index (χ1n) is 8.94. The lowest BCUT2D eigenvalue weighted by Gasteiger charge is -2.15. The van der Waals surface area contributed by atoms with Gasteiger partial charge in [-0.3, -0.25) is 4.79 Å². The van der Waals surface area contributed by atoms with Crippen LogP contribution in [0.2, 0.25) is 0 Å². The van der Waals surface area contributed by atoms with Crippen molar-refractivity contribution >= 4 is 5.91 Å². The second-order valence-corrected chi connectivity index (χ2v) is 6.39. The van der Waals surface area contributed by atoms with Crippen LogP contribution in [0.5, 0.6) is 11.5 Å². The molecule has 28 heavy (non-hydrogen) atoms. The van der Waals surface area contributed by atoms with Gasteiger partial charge in [0.2, 0.25) is 0 Å².